The first kappa shape index (κ1) is 9.54. The Hall–Kier alpha value is -0.680. The van der Waals surface area contributed by atoms with Crippen molar-refractivity contribution in [3.63, 3.8) is 0 Å². The molecule has 0 atom stereocenters. The van der Waals surface area contributed by atoms with Crippen LogP contribution in [0.1, 0.15) is 0 Å². The molecule has 0 saturated carbocycles. The average Bonchev–Trinajstić information content (AvgIpc) is 2.57. The summed E-state index contributed by atoms with van der Waals surface area (Å²) in [5, 5.41) is 2.37. The fourth-order valence-corrected chi connectivity index (χ4v) is 3.70. The molecule has 3 heteroatoms. The molecule has 0 nitrogen and oxygen atoms in total. The molecule has 1 aromatic heterocycles. The van der Waals surface area contributed by atoms with Gasteiger partial charge < -0.3 is 0 Å². The molecule has 3 rings (SSSR count). The van der Waals surface area contributed by atoms with E-state index in [-0.39, 0.29) is 5.82 Å². The van der Waals surface area contributed by atoms with Crippen molar-refractivity contribution in [3.05, 3.63) is 45.8 Å². The molecule has 3 aromatic rings. The van der Waals surface area contributed by atoms with Gasteiger partial charge in [-0.25, -0.2) is 4.39 Å². The van der Waals surface area contributed by atoms with Crippen LogP contribution in [0.2, 0.25) is 0 Å². The second-order valence-corrected chi connectivity index (χ2v) is 5.57. The number of benzene rings is 2. The van der Waals surface area contributed by atoms with Crippen LogP contribution in [-0.4, -0.2) is 0 Å². The molecule has 2 aromatic carbocycles. The van der Waals surface area contributed by atoms with Crippen molar-refractivity contribution < 1.29 is 4.39 Å². The Balaban J connectivity index is 2.57. The molecule has 0 unspecified atom stereocenters. The van der Waals surface area contributed by atoms with Gasteiger partial charge >= 0.3 is 0 Å². The van der Waals surface area contributed by atoms with Gasteiger partial charge in [0.25, 0.3) is 0 Å². The zero-order valence-electron chi connectivity index (χ0n) is 7.63. The Morgan fingerprint density at radius 1 is 1.07 bits per heavy atom. The van der Waals surface area contributed by atoms with Crippen LogP contribution in [0.15, 0.2) is 36.4 Å². The number of hydrogen-bond acceptors (Lipinski definition) is 1. The molecule has 74 valence electrons. The summed E-state index contributed by atoms with van der Waals surface area (Å²) in [4.78, 5) is 0. The van der Waals surface area contributed by atoms with Crippen molar-refractivity contribution in [2.24, 2.45) is 0 Å². The van der Waals surface area contributed by atoms with Gasteiger partial charge in [-0.2, -0.15) is 0 Å². The molecule has 0 aliphatic rings. The third kappa shape index (κ3) is 1.45. The fourth-order valence-electron chi connectivity index (χ4n) is 1.74. The maximum atomic E-state index is 13.1. The summed E-state index contributed by atoms with van der Waals surface area (Å²) in [6.45, 7) is 0. The average molecular weight is 328 g/mol. The van der Waals surface area contributed by atoms with E-state index >= 15 is 0 Å². The Morgan fingerprint density at radius 3 is 2.80 bits per heavy atom. The maximum absolute atomic E-state index is 13.1. The van der Waals surface area contributed by atoms with Gasteiger partial charge in [0.05, 0.1) is 0 Å². The van der Waals surface area contributed by atoms with Crippen LogP contribution in [0, 0.1) is 9.39 Å². The van der Waals surface area contributed by atoms with Gasteiger partial charge in [-0.1, -0.05) is 18.2 Å². The highest BCUT2D eigenvalue weighted by Crippen LogP contribution is 2.36. The van der Waals surface area contributed by atoms with Crippen LogP contribution in [0.4, 0.5) is 4.39 Å². The van der Waals surface area contributed by atoms with E-state index in [9.17, 15) is 4.39 Å². The Labute approximate surface area is 104 Å². The van der Waals surface area contributed by atoms with E-state index in [0.29, 0.717) is 0 Å². The highest BCUT2D eigenvalue weighted by molar-refractivity contribution is 14.1. The molecule has 0 spiro atoms. The van der Waals surface area contributed by atoms with Crippen molar-refractivity contribution >= 4 is 54.1 Å². The lowest BCUT2D eigenvalue weighted by Crippen LogP contribution is -1.71. The molecular formula is C12H6FIS. The van der Waals surface area contributed by atoms with E-state index < -0.39 is 0 Å². The van der Waals surface area contributed by atoms with Gasteiger partial charge in [-0.3, -0.25) is 0 Å². The SMILES string of the molecule is Fc1ccc2c(c1)sc1c(I)cccc12. The second-order valence-electron chi connectivity index (χ2n) is 3.36. The molecule has 0 aliphatic carbocycles. The second kappa shape index (κ2) is 3.42. The summed E-state index contributed by atoms with van der Waals surface area (Å²) in [5.74, 6) is -0.163. The van der Waals surface area contributed by atoms with E-state index in [0.717, 1.165) is 10.1 Å². The minimum Gasteiger partial charge on any atom is -0.207 e. The van der Waals surface area contributed by atoms with E-state index in [4.69, 9.17) is 0 Å². The number of thiophene rings is 1. The lowest BCUT2D eigenvalue weighted by Gasteiger charge is -1.92. The van der Waals surface area contributed by atoms with Gasteiger partial charge in [0.1, 0.15) is 5.82 Å². The zero-order chi connectivity index (χ0) is 10.4. The van der Waals surface area contributed by atoms with Gasteiger partial charge in [-0.05, 0) is 40.8 Å². The standard InChI is InChI=1S/C12H6FIS/c13-7-4-5-8-9-2-1-3-10(14)12(9)15-11(8)6-7/h1-6H. The van der Waals surface area contributed by atoms with Gasteiger partial charge in [-0.15, -0.1) is 11.3 Å². The Bertz CT molecular complexity index is 657. The van der Waals surface area contributed by atoms with Crippen LogP contribution in [0.5, 0.6) is 0 Å². The summed E-state index contributed by atoms with van der Waals surface area (Å²) in [5.41, 5.74) is 0. The van der Waals surface area contributed by atoms with Crippen molar-refractivity contribution in [1.29, 1.82) is 0 Å². The predicted octanol–water partition coefficient (Wildman–Crippen LogP) is 4.80. The van der Waals surface area contributed by atoms with E-state index in [2.05, 4.69) is 34.7 Å². The van der Waals surface area contributed by atoms with Crippen LogP contribution in [-0.2, 0) is 0 Å². The molecular weight excluding hydrogens is 322 g/mol. The third-order valence-electron chi connectivity index (χ3n) is 2.41. The van der Waals surface area contributed by atoms with Crippen LogP contribution in [0.25, 0.3) is 20.2 Å². The van der Waals surface area contributed by atoms with Gasteiger partial charge in [0.2, 0.25) is 0 Å². The number of rotatable bonds is 0. The van der Waals surface area contributed by atoms with Crippen molar-refractivity contribution in [3.8, 4) is 0 Å². The van der Waals surface area contributed by atoms with Crippen molar-refractivity contribution in [2.45, 2.75) is 0 Å². The predicted molar refractivity (Wildman–Crippen MR) is 72.0 cm³/mol. The first-order valence-electron chi connectivity index (χ1n) is 4.52. The fraction of sp³-hybridized carbons (Fsp3) is 0. The first-order valence-corrected chi connectivity index (χ1v) is 6.41. The molecule has 0 aliphatic heterocycles. The van der Waals surface area contributed by atoms with Gasteiger partial charge in [0.15, 0.2) is 0 Å². The van der Waals surface area contributed by atoms with Crippen molar-refractivity contribution in [2.75, 3.05) is 0 Å². The molecule has 0 bridgehead atoms. The van der Waals surface area contributed by atoms with E-state index in [1.807, 2.05) is 12.1 Å². The first-order chi connectivity index (χ1) is 7.25. The molecule has 1 heterocycles. The number of halogens is 2. The van der Waals surface area contributed by atoms with Crippen LogP contribution < -0.4 is 0 Å². The topological polar surface area (TPSA) is 0 Å². The number of hydrogen-bond donors (Lipinski definition) is 0. The Kier molecular flexibility index (Phi) is 2.17. The quantitative estimate of drug-likeness (QED) is 0.520. The normalized spacial score (nSPS) is 11.3. The largest absolute Gasteiger partial charge is 0.207 e. The monoisotopic (exact) mass is 328 g/mol. The lowest BCUT2D eigenvalue weighted by molar-refractivity contribution is 0.630. The van der Waals surface area contributed by atoms with Gasteiger partial charge in [0, 0.05) is 23.7 Å². The third-order valence-corrected chi connectivity index (χ3v) is 4.88. The lowest BCUT2D eigenvalue weighted by atomic mass is 10.1. The number of fused-ring (bicyclic) bond motifs is 3. The summed E-state index contributed by atoms with van der Waals surface area (Å²) in [6.07, 6.45) is 0. The summed E-state index contributed by atoms with van der Waals surface area (Å²) >= 11 is 3.97. The van der Waals surface area contributed by atoms with E-state index in [1.165, 1.54) is 19.7 Å². The molecule has 15 heavy (non-hydrogen) atoms. The molecule has 0 fully saturated rings. The summed E-state index contributed by atoms with van der Waals surface area (Å²) in [6, 6.07) is 11.2. The molecule has 0 radical (unpaired) electrons. The molecule has 0 amide bonds. The molecule has 0 N–H and O–H groups in total. The zero-order valence-corrected chi connectivity index (χ0v) is 10.6. The summed E-state index contributed by atoms with van der Waals surface area (Å²) < 4.78 is 16.6. The van der Waals surface area contributed by atoms with Crippen LogP contribution in [0.3, 0.4) is 0 Å². The molecule has 0 saturated heterocycles. The minimum absolute atomic E-state index is 0.163. The summed E-state index contributed by atoms with van der Waals surface area (Å²) in [7, 11) is 0. The van der Waals surface area contributed by atoms with E-state index in [1.54, 1.807) is 17.4 Å². The van der Waals surface area contributed by atoms with Crippen molar-refractivity contribution in [1.82, 2.24) is 0 Å². The Morgan fingerprint density at radius 2 is 1.93 bits per heavy atom. The minimum atomic E-state index is -0.163. The van der Waals surface area contributed by atoms with Crippen LogP contribution >= 0.6 is 33.9 Å². The maximum Gasteiger partial charge on any atom is 0.124 e. The smallest absolute Gasteiger partial charge is 0.124 e. The highest BCUT2D eigenvalue weighted by atomic mass is 127. The highest BCUT2D eigenvalue weighted by Gasteiger charge is 2.07.